The summed E-state index contributed by atoms with van der Waals surface area (Å²) in [5.74, 6) is 0. The molecular formula is C6H3Cl2IMg. The summed E-state index contributed by atoms with van der Waals surface area (Å²) in [6.07, 6.45) is 0. The summed E-state index contributed by atoms with van der Waals surface area (Å²) in [4.78, 5) is 0. The summed E-state index contributed by atoms with van der Waals surface area (Å²) in [5, 5.41) is 1.31. The molecule has 0 saturated carbocycles. The number of halogens is 3. The van der Waals surface area contributed by atoms with Gasteiger partial charge in [0.2, 0.25) is 0 Å². The number of benzene rings is 1. The van der Waals surface area contributed by atoms with Crippen LogP contribution in [0.1, 0.15) is 0 Å². The van der Waals surface area contributed by atoms with Gasteiger partial charge in [-0.3, -0.25) is 18.9 Å². The molecule has 0 radical (unpaired) electrons. The van der Waals surface area contributed by atoms with Crippen molar-refractivity contribution in [2.75, 3.05) is 0 Å². The van der Waals surface area contributed by atoms with Crippen molar-refractivity contribution in [3.05, 3.63) is 28.2 Å². The van der Waals surface area contributed by atoms with E-state index >= 15 is 0 Å². The Morgan fingerprint density at radius 2 is 1.90 bits per heavy atom. The van der Waals surface area contributed by atoms with Crippen LogP contribution in [0.15, 0.2) is 18.2 Å². The van der Waals surface area contributed by atoms with Gasteiger partial charge in [-0.15, -0.1) is 0 Å². The van der Waals surface area contributed by atoms with E-state index < -0.39 is 0 Å². The van der Waals surface area contributed by atoms with E-state index in [1.807, 2.05) is 18.2 Å². The maximum Gasteiger partial charge on any atom is 0.502 e. The van der Waals surface area contributed by atoms with Gasteiger partial charge in [-0.1, -0.05) is 35.3 Å². The second-order valence-electron chi connectivity index (χ2n) is 1.88. The summed E-state index contributed by atoms with van der Waals surface area (Å²) >= 11 is 13.8. The zero-order valence-electron chi connectivity index (χ0n) is 5.07. The Bertz CT molecular complexity index is 239. The fourth-order valence-electron chi connectivity index (χ4n) is 0.623. The molecule has 0 heterocycles. The van der Waals surface area contributed by atoms with Gasteiger partial charge in [0, 0.05) is 0 Å². The second kappa shape index (κ2) is 4.35. The molecule has 0 N–H and O–H groups in total. The van der Waals surface area contributed by atoms with Gasteiger partial charge in [0.05, 0.1) is 10.0 Å². The third kappa shape index (κ3) is 2.41. The van der Waals surface area contributed by atoms with Crippen molar-refractivity contribution in [1.29, 1.82) is 0 Å². The molecule has 0 aromatic heterocycles. The predicted octanol–water partition coefficient (Wildman–Crippen LogP) is 2.67. The molecule has 0 aliphatic heterocycles. The summed E-state index contributed by atoms with van der Waals surface area (Å²) in [6.45, 7) is 0. The lowest BCUT2D eigenvalue weighted by atomic mass is 10.4. The van der Waals surface area contributed by atoms with Crippen LogP contribution in [0.3, 0.4) is 0 Å². The van der Waals surface area contributed by atoms with E-state index in [9.17, 15) is 0 Å². The van der Waals surface area contributed by atoms with E-state index in [4.69, 9.17) is 23.2 Å². The molecule has 4 heteroatoms. The zero-order valence-corrected chi connectivity index (χ0v) is 10.2. The van der Waals surface area contributed by atoms with Gasteiger partial charge in [-0.05, 0) is 6.07 Å². The first-order valence-corrected chi connectivity index (χ1v) is 9.31. The Morgan fingerprint density at radius 3 is 2.40 bits per heavy atom. The van der Waals surface area contributed by atoms with E-state index in [2.05, 4.69) is 18.9 Å². The first-order chi connectivity index (χ1) is 4.74. The molecule has 0 aliphatic rings. The summed E-state index contributed by atoms with van der Waals surface area (Å²) in [6, 6.07) is 5.83. The quantitative estimate of drug-likeness (QED) is 0.552. The lowest BCUT2D eigenvalue weighted by Gasteiger charge is -1.97. The molecule has 1 rings (SSSR count). The number of hydrogen-bond acceptors (Lipinski definition) is 0. The average Bonchev–Trinajstić information content (AvgIpc) is 1.95. The normalized spacial score (nSPS) is 9.10. The minimum absolute atomic E-state index is 0.119. The SMILES string of the molecule is Clc1cc[c]([Mg][I])cc1Cl. The van der Waals surface area contributed by atoms with Crippen molar-refractivity contribution in [3.8, 4) is 0 Å². The largest absolute Gasteiger partial charge is 0.502 e. The van der Waals surface area contributed by atoms with Crippen molar-refractivity contribution in [2.45, 2.75) is 0 Å². The Morgan fingerprint density at radius 1 is 1.20 bits per heavy atom. The molecular weight excluding hydrogens is 294 g/mol. The van der Waals surface area contributed by atoms with Gasteiger partial charge in [-0.25, -0.2) is 0 Å². The maximum atomic E-state index is 5.78. The van der Waals surface area contributed by atoms with Gasteiger partial charge < -0.3 is 0 Å². The van der Waals surface area contributed by atoms with E-state index in [-0.39, 0.29) is 16.5 Å². The molecule has 0 spiro atoms. The third-order valence-electron chi connectivity index (χ3n) is 1.14. The summed E-state index contributed by atoms with van der Waals surface area (Å²) in [7, 11) is 0. The molecule has 0 nitrogen and oxygen atoms in total. The Balaban J connectivity index is 3.04. The van der Waals surface area contributed by atoms with Crippen LogP contribution in [-0.4, -0.2) is 16.5 Å². The van der Waals surface area contributed by atoms with Crippen molar-refractivity contribution in [2.24, 2.45) is 0 Å². The molecule has 0 saturated heterocycles. The number of hydrogen-bond donors (Lipinski definition) is 0. The smallest absolute Gasteiger partial charge is 0.291 e. The van der Waals surface area contributed by atoms with Crippen molar-refractivity contribution < 1.29 is 0 Å². The van der Waals surface area contributed by atoms with Crippen LogP contribution in [0.5, 0.6) is 0 Å². The van der Waals surface area contributed by atoms with Gasteiger partial charge >= 0.3 is 16.5 Å². The zero-order chi connectivity index (χ0) is 7.56. The first-order valence-electron chi connectivity index (χ1n) is 2.74. The standard InChI is InChI=1S/C6H3Cl2.HI.Mg/c7-5-3-1-2-4-6(5)8;;/h1,3-4H;1H;/q;;+1/p-1. The van der Waals surface area contributed by atoms with Crippen LogP contribution < -0.4 is 3.69 Å². The fraction of sp³-hybridized carbons (Fsp3) is 0. The van der Waals surface area contributed by atoms with Gasteiger partial charge in [0.15, 0.2) is 0 Å². The Hall–Kier alpha value is 1.30. The lowest BCUT2D eigenvalue weighted by Crippen LogP contribution is -2.06. The van der Waals surface area contributed by atoms with Crippen molar-refractivity contribution in [3.63, 3.8) is 0 Å². The van der Waals surface area contributed by atoms with Crippen LogP contribution in [0.25, 0.3) is 0 Å². The topological polar surface area (TPSA) is 0 Å². The highest BCUT2D eigenvalue weighted by Gasteiger charge is 1.98. The van der Waals surface area contributed by atoms with E-state index in [0.29, 0.717) is 10.0 Å². The van der Waals surface area contributed by atoms with E-state index in [1.165, 1.54) is 3.69 Å². The van der Waals surface area contributed by atoms with Crippen LogP contribution >= 0.6 is 42.1 Å². The monoisotopic (exact) mass is 296 g/mol. The molecule has 0 amide bonds. The highest BCUT2D eigenvalue weighted by molar-refractivity contribution is 14.1. The third-order valence-corrected chi connectivity index (χ3v) is 5.27. The van der Waals surface area contributed by atoms with Crippen LogP contribution in [0.4, 0.5) is 0 Å². The number of rotatable bonds is 1. The Kier molecular flexibility index (Phi) is 4.09. The molecule has 0 aliphatic carbocycles. The predicted molar refractivity (Wildman–Crippen MR) is 55.9 cm³/mol. The second-order valence-corrected chi connectivity index (χ2v) is 6.07. The molecule has 1 aromatic rings. The molecule has 10 heavy (non-hydrogen) atoms. The molecule has 0 fully saturated rings. The molecule has 0 bridgehead atoms. The highest BCUT2D eigenvalue weighted by Crippen LogP contribution is 2.18. The van der Waals surface area contributed by atoms with Crippen LogP contribution in [0, 0.1) is 0 Å². The molecule has 50 valence electrons. The summed E-state index contributed by atoms with van der Waals surface area (Å²) < 4.78 is 1.34. The first kappa shape index (κ1) is 9.38. The highest BCUT2D eigenvalue weighted by atomic mass is 127. The minimum Gasteiger partial charge on any atom is -0.291 e. The molecule has 0 atom stereocenters. The van der Waals surface area contributed by atoms with Gasteiger partial charge in [-0.2, -0.15) is 3.69 Å². The minimum atomic E-state index is -0.119. The van der Waals surface area contributed by atoms with Crippen LogP contribution in [0.2, 0.25) is 10.0 Å². The van der Waals surface area contributed by atoms with E-state index in [1.54, 1.807) is 0 Å². The Labute approximate surface area is 89.4 Å². The van der Waals surface area contributed by atoms with Crippen molar-refractivity contribution >= 4 is 62.2 Å². The van der Waals surface area contributed by atoms with Crippen LogP contribution in [-0.2, 0) is 0 Å². The molecule has 1 aromatic carbocycles. The average molecular weight is 297 g/mol. The van der Waals surface area contributed by atoms with Gasteiger partial charge in [0.1, 0.15) is 0 Å². The fourth-order valence-corrected chi connectivity index (χ4v) is 2.98. The van der Waals surface area contributed by atoms with Gasteiger partial charge in [0.25, 0.3) is 0 Å². The van der Waals surface area contributed by atoms with E-state index in [0.717, 1.165) is 0 Å². The summed E-state index contributed by atoms with van der Waals surface area (Å²) in [5.41, 5.74) is 0. The lowest BCUT2D eigenvalue weighted by molar-refractivity contribution is 1.76. The van der Waals surface area contributed by atoms with Crippen molar-refractivity contribution in [1.82, 2.24) is 0 Å². The maximum absolute atomic E-state index is 5.78. The molecule has 0 unspecified atom stereocenters.